The molecule has 4 nitrogen and oxygen atoms in total. The van der Waals surface area contributed by atoms with Gasteiger partial charge in [-0.05, 0) is 6.92 Å². The maximum absolute atomic E-state index is 5.32. The second-order valence-electron chi connectivity index (χ2n) is 2.81. The lowest BCUT2D eigenvalue weighted by atomic mass is 10.1. The fourth-order valence-electron chi connectivity index (χ4n) is 1.40. The molecule has 64 valence electrons. The Bertz CT molecular complexity index is 136. The molecule has 2 saturated heterocycles. The minimum Gasteiger partial charge on any atom is -0.353 e. The second-order valence-corrected chi connectivity index (χ2v) is 2.81. The van der Waals surface area contributed by atoms with Crippen molar-refractivity contribution >= 4 is 0 Å². The van der Waals surface area contributed by atoms with Gasteiger partial charge in [0, 0.05) is 0 Å². The highest BCUT2D eigenvalue weighted by molar-refractivity contribution is 4.80. The van der Waals surface area contributed by atoms with E-state index in [0.717, 1.165) is 0 Å². The molecular weight excluding hydrogens is 148 g/mol. The minimum atomic E-state index is 0.0532. The van der Waals surface area contributed by atoms with Crippen molar-refractivity contribution < 1.29 is 18.9 Å². The number of hydrogen-bond donors (Lipinski definition) is 0. The van der Waals surface area contributed by atoms with Gasteiger partial charge in [-0.25, -0.2) is 0 Å². The summed E-state index contributed by atoms with van der Waals surface area (Å²) in [5, 5.41) is 0. The quantitative estimate of drug-likeness (QED) is 0.504. The molecule has 2 aliphatic heterocycles. The van der Waals surface area contributed by atoms with Crippen molar-refractivity contribution in [3.63, 3.8) is 0 Å². The van der Waals surface area contributed by atoms with Crippen molar-refractivity contribution in [2.75, 3.05) is 20.2 Å². The third kappa shape index (κ3) is 1.39. The zero-order chi connectivity index (χ0) is 7.68. The Morgan fingerprint density at radius 1 is 1.09 bits per heavy atom. The van der Waals surface area contributed by atoms with Gasteiger partial charge in [0.05, 0.1) is 12.7 Å². The van der Waals surface area contributed by atoms with E-state index in [1.165, 1.54) is 0 Å². The van der Waals surface area contributed by atoms with Gasteiger partial charge in [-0.15, -0.1) is 0 Å². The first kappa shape index (κ1) is 7.49. The predicted octanol–water partition coefficient (Wildman–Crippen LogP) is 0.121. The van der Waals surface area contributed by atoms with Crippen LogP contribution in [0.4, 0.5) is 0 Å². The Labute approximate surface area is 65.4 Å². The van der Waals surface area contributed by atoms with Crippen LogP contribution in [0, 0.1) is 0 Å². The molecule has 0 radical (unpaired) electrons. The average Bonchev–Trinajstić information content (AvgIpc) is 2.06. The molecule has 0 aromatic carbocycles. The first-order valence-corrected chi connectivity index (χ1v) is 3.80. The summed E-state index contributed by atoms with van der Waals surface area (Å²) < 4.78 is 20.9. The fraction of sp³-hybridized carbons (Fsp3) is 1.00. The molecule has 0 aromatic rings. The lowest BCUT2D eigenvalue weighted by Crippen LogP contribution is -2.51. The summed E-state index contributed by atoms with van der Waals surface area (Å²) in [5.74, 6) is 0. The van der Waals surface area contributed by atoms with Gasteiger partial charge >= 0.3 is 0 Å². The SMILES string of the molecule is CC1OCOC2COCOC12. The number of fused-ring (bicyclic) bond motifs is 1. The van der Waals surface area contributed by atoms with E-state index in [1.807, 2.05) is 6.92 Å². The van der Waals surface area contributed by atoms with Crippen LogP contribution in [0.2, 0.25) is 0 Å². The van der Waals surface area contributed by atoms with Crippen LogP contribution < -0.4 is 0 Å². The smallest absolute Gasteiger partial charge is 0.147 e. The van der Waals surface area contributed by atoms with Gasteiger partial charge in [0.25, 0.3) is 0 Å². The monoisotopic (exact) mass is 160 g/mol. The molecule has 0 bridgehead atoms. The van der Waals surface area contributed by atoms with Crippen LogP contribution in [0.1, 0.15) is 6.92 Å². The average molecular weight is 160 g/mol. The summed E-state index contributed by atoms with van der Waals surface area (Å²) in [6, 6.07) is 0. The number of hydrogen-bond acceptors (Lipinski definition) is 4. The molecule has 0 aliphatic carbocycles. The van der Waals surface area contributed by atoms with Crippen molar-refractivity contribution in [2.45, 2.75) is 25.2 Å². The summed E-state index contributed by atoms with van der Waals surface area (Å²) in [6.07, 6.45) is 0.239. The van der Waals surface area contributed by atoms with Crippen LogP contribution in [0.25, 0.3) is 0 Å². The molecule has 0 saturated carbocycles. The van der Waals surface area contributed by atoms with Crippen LogP contribution in [-0.2, 0) is 18.9 Å². The summed E-state index contributed by atoms with van der Waals surface area (Å²) in [7, 11) is 0. The zero-order valence-electron chi connectivity index (χ0n) is 6.49. The van der Waals surface area contributed by atoms with Crippen molar-refractivity contribution in [3.8, 4) is 0 Å². The van der Waals surface area contributed by atoms with Gasteiger partial charge in [-0.3, -0.25) is 0 Å². The molecule has 3 unspecified atom stereocenters. The molecule has 0 amide bonds. The number of ether oxygens (including phenoxy) is 4. The Morgan fingerprint density at radius 3 is 2.82 bits per heavy atom. The highest BCUT2D eigenvalue weighted by atomic mass is 16.7. The van der Waals surface area contributed by atoms with Crippen LogP contribution in [-0.4, -0.2) is 38.5 Å². The van der Waals surface area contributed by atoms with Crippen molar-refractivity contribution in [1.29, 1.82) is 0 Å². The first-order valence-electron chi connectivity index (χ1n) is 3.80. The van der Waals surface area contributed by atoms with E-state index in [1.54, 1.807) is 0 Å². The molecule has 2 fully saturated rings. The van der Waals surface area contributed by atoms with E-state index in [0.29, 0.717) is 20.2 Å². The molecule has 2 rings (SSSR count). The van der Waals surface area contributed by atoms with Gasteiger partial charge in [0.2, 0.25) is 0 Å². The topological polar surface area (TPSA) is 36.9 Å². The van der Waals surface area contributed by atoms with E-state index < -0.39 is 0 Å². The summed E-state index contributed by atoms with van der Waals surface area (Å²) >= 11 is 0. The van der Waals surface area contributed by atoms with Crippen molar-refractivity contribution in [1.82, 2.24) is 0 Å². The third-order valence-corrected chi connectivity index (χ3v) is 2.07. The summed E-state index contributed by atoms with van der Waals surface area (Å²) in [5.41, 5.74) is 0. The molecule has 3 atom stereocenters. The van der Waals surface area contributed by atoms with Crippen LogP contribution in [0.15, 0.2) is 0 Å². The van der Waals surface area contributed by atoms with E-state index in [-0.39, 0.29) is 18.3 Å². The lowest BCUT2D eigenvalue weighted by Gasteiger charge is -2.38. The lowest BCUT2D eigenvalue weighted by molar-refractivity contribution is -0.297. The zero-order valence-corrected chi connectivity index (χ0v) is 6.49. The van der Waals surface area contributed by atoms with E-state index in [4.69, 9.17) is 18.9 Å². The molecule has 11 heavy (non-hydrogen) atoms. The highest BCUT2D eigenvalue weighted by Crippen LogP contribution is 2.20. The predicted molar refractivity (Wildman–Crippen MR) is 36.0 cm³/mol. The Morgan fingerprint density at radius 2 is 2.00 bits per heavy atom. The Balaban J connectivity index is 1.99. The van der Waals surface area contributed by atoms with Crippen molar-refractivity contribution in [2.24, 2.45) is 0 Å². The van der Waals surface area contributed by atoms with Crippen molar-refractivity contribution in [3.05, 3.63) is 0 Å². The van der Waals surface area contributed by atoms with Crippen LogP contribution in [0.3, 0.4) is 0 Å². The van der Waals surface area contributed by atoms with E-state index in [2.05, 4.69) is 0 Å². The molecule has 2 heterocycles. The van der Waals surface area contributed by atoms with Gasteiger partial charge in [0.1, 0.15) is 25.8 Å². The number of rotatable bonds is 0. The van der Waals surface area contributed by atoms with Crippen LogP contribution >= 0.6 is 0 Å². The van der Waals surface area contributed by atoms with E-state index >= 15 is 0 Å². The summed E-state index contributed by atoms with van der Waals surface area (Å²) in [6.45, 7) is 3.33. The third-order valence-electron chi connectivity index (χ3n) is 2.07. The molecule has 0 spiro atoms. The maximum Gasteiger partial charge on any atom is 0.147 e. The Hall–Kier alpha value is -0.160. The van der Waals surface area contributed by atoms with Gasteiger partial charge < -0.3 is 18.9 Å². The standard InChI is InChI=1S/C7H12O4/c1-5-7-6(10-4-9-5)2-8-3-11-7/h5-7H,2-4H2,1H3. The molecular formula is C7H12O4. The van der Waals surface area contributed by atoms with Gasteiger partial charge in [-0.1, -0.05) is 0 Å². The maximum atomic E-state index is 5.32. The van der Waals surface area contributed by atoms with E-state index in [9.17, 15) is 0 Å². The Kier molecular flexibility index (Phi) is 2.09. The van der Waals surface area contributed by atoms with Crippen LogP contribution in [0.5, 0.6) is 0 Å². The molecule has 0 N–H and O–H groups in total. The minimum absolute atomic E-state index is 0.0532. The fourth-order valence-corrected chi connectivity index (χ4v) is 1.40. The van der Waals surface area contributed by atoms with Gasteiger partial charge in [-0.2, -0.15) is 0 Å². The first-order chi connectivity index (χ1) is 5.38. The highest BCUT2D eigenvalue weighted by Gasteiger charge is 2.35. The normalized spacial score (nSPS) is 45.0. The molecule has 4 heteroatoms. The summed E-state index contributed by atoms with van der Waals surface area (Å²) in [4.78, 5) is 0. The van der Waals surface area contributed by atoms with Gasteiger partial charge in [0.15, 0.2) is 0 Å². The molecule has 2 aliphatic rings. The second kappa shape index (κ2) is 3.06. The molecule has 0 aromatic heterocycles. The largest absolute Gasteiger partial charge is 0.353 e.